The zero-order chi connectivity index (χ0) is 29.6. The van der Waals surface area contributed by atoms with Crippen LogP contribution in [0.5, 0.6) is 0 Å². The van der Waals surface area contributed by atoms with E-state index in [-0.39, 0.29) is 17.8 Å². The molecule has 2 N–H and O–H groups in total. The Hall–Kier alpha value is -2.68. The molecule has 0 aromatic heterocycles. The highest BCUT2D eigenvalue weighted by molar-refractivity contribution is 6.08. The Labute approximate surface area is 240 Å². The Morgan fingerprint density at radius 1 is 1.18 bits per heavy atom. The van der Waals surface area contributed by atoms with Crippen LogP contribution >= 0.6 is 0 Å². The Kier molecular flexibility index (Phi) is 10.6. The van der Waals surface area contributed by atoms with Crippen molar-refractivity contribution in [1.82, 2.24) is 0 Å². The second-order valence-corrected chi connectivity index (χ2v) is 12.0. The molecule has 5 unspecified atom stereocenters. The summed E-state index contributed by atoms with van der Waals surface area (Å²) in [5.74, 6) is -0.828. The van der Waals surface area contributed by atoms with Gasteiger partial charge in [0.05, 0.1) is 7.85 Å². The number of aryl methyl sites for hydroxylation is 1. The van der Waals surface area contributed by atoms with Crippen LogP contribution in [0.2, 0.25) is 6.32 Å². The second kappa shape index (κ2) is 13.3. The summed E-state index contributed by atoms with van der Waals surface area (Å²) in [7, 11) is 4.85. The monoisotopic (exact) mass is 547 g/mol. The van der Waals surface area contributed by atoms with Gasteiger partial charge >= 0.3 is 5.92 Å². The molecule has 1 aromatic rings. The highest BCUT2D eigenvalue weighted by atomic mass is 19.3. The van der Waals surface area contributed by atoms with E-state index in [0.29, 0.717) is 25.7 Å². The lowest BCUT2D eigenvalue weighted by molar-refractivity contribution is -0.140. The first kappa shape index (κ1) is 31.8. The molecule has 6 heteroatoms. The van der Waals surface area contributed by atoms with E-state index in [2.05, 4.69) is 31.9 Å². The lowest BCUT2D eigenvalue weighted by Gasteiger charge is -2.56. The van der Waals surface area contributed by atoms with Gasteiger partial charge in [-0.25, -0.2) is 0 Å². The van der Waals surface area contributed by atoms with Crippen molar-refractivity contribution in [1.29, 1.82) is 0 Å². The number of rotatable bonds is 8. The van der Waals surface area contributed by atoms with Crippen LogP contribution in [0.1, 0.15) is 96.1 Å². The lowest BCUT2D eigenvalue weighted by atomic mass is 9.48. The van der Waals surface area contributed by atoms with Gasteiger partial charge in [-0.15, -0.1) is 0 Å². The molecule has 40 heavy (non-hydrogen) atoms. The van der Waals surface area contributed by atoms with Crippen LogP contribution in [0, 0.1) is 34.6 Å². The number of carbonyl (C=O) groups excluding carboxylic acids is 2. The first-order valence-electron chi connectivity index (χ1n) is 14.8. The molecule has 0 bridgehead atoms. The van der Waals surface area contributed by atoms with E-state index in [9.17, 15) is 9.59 Å². The van der Waals surface area contributed by atoms with E-state index in [0.717, 1.165) is 67.7 Å². The normalized spacial score (nSPS) is 30.4. The Bertz CT molecular complexity index is 1200. The number of alkyl halides is 2. The maximum atomic E-state index is 15.7. The summed E-state index contributed by atoms with van der Waals surface area (Å²) in [4.78, 5) is 22.6. The molecule has 5 atom stereocenters. The highest BCUT2D eigenvalue weighted by Gasteiger charge is 2.69. The van der Waals surface area contributed by atoms with E-state index in [1.807, 2.05) is 25.1 Å². The van der Waals surface area contributed by atoms with E-state index in [4.69, 9.17) is 13.6 Å². The highest BCUT2D eigenvalue weighted by Crippen LogP contribution is 2.72. The fourth-order valence-electron chi connectivity index (χ4n) is 7.98. The molecule has 3 aliphatic carbocycles. The van der Waals surface area contributed by atoms with Crippen molar-refractivity contribution in [3.8, 4) is 12.0 Å². The molecule has 3 aliphatic rings. The summed E-state index contributed by atoms with van der Waals surface area (Å²) in [5, 5.41) is 0. The summed E-state index contributed by atoms with van der Waals surface area (Å²) in [6.45, 7) is 7.83. The average Bonchev–Trinajstić information content (AvgIpc) is 3.21. The molecular formula is C34H44BF2NO2. The van der Waals surface area contributed by atoms with Crippen molar-refractivity contribution in [3.63, 3.8) is 0 Å². The standard InChI is InChI=1S/C32H39F2NO2.C2H5B/c1-4-7-25-23(14-19-37)11-12-26-28-13-15-31(3,32(33,34)16-17-35)30(28,2)21-27(29(25)26)24-10-5-8-22(20-24)9-6-18-36;1-2-3/h5,8,10,14,18-20,26-28H,4,6-7,9,11-13,15,21,35H2,1-3H3;2H2,1H3/b23-14-;. The van der Waals surface area contributed by atoms with Gasteiger partial charge in [0.2, 0.25) is 0 Å². The van der Waals surface area contributed by atoms with Gasteiger partial charge in [-0.2, -0.15) is 8.78 Å². The third-order valence-corrected chi connectivity index (χ3v) is 9.98. The maximum absolute atomic E-state index is 15.7. The molecule has 1 aromatic carbocycles. The molecular weight excluding hydrogens is 503 g/mol. The quantitative estimate of drug-likeness (QED) is 0.121. The van der Waals surface area contributed by atoms with Crippen molar-refractivity contribution < 1.29 is 18.4 Å². The summed E-state index contributed by atoms with van der Waals surface area (Å²) in [6, 6.07) is 10.3. The molecule has 0 spiro atoms. The van der Waals surface area contributed by atoms with E-state index < -0.39 is 16.8 Å². The van der Waals surface area contributed by atoms with Gasteiger partial charge in [0.1, 0.15) is 12.6 Å². The van der Waals surface area contributed by atoms with Gasteiger partial charge in [-0.3, -0.25) is 4.79 Å². The van der Waals surface area contributed by atoms with Gasteiger partial charge in [0.15, 0.2) is 0 Å². The van der Waals surface area contributed by atoms with Crippen LogP contribution < -0.4 is 5.73 Å². The van der Waals surface area contributed by atoms with Crippen LogP contribution in [0.25, 0.3) is 0 Å². The number of nitrogens with two attached hydrogens (primary N) is 1. The number of halogens is 2. The summed E-state index contributed by atoms with van der Waals surface area (Å²) < 4.78 is 31.4. The molecule has 0 saturated heterocycles. The summed E-state index contributed by atoms with van der Waals surface area (Å²) >= 11 is 0. The van der Waals surface area contributed by atoms with Crippen molar-refractivity contribution >= 4 is 20.4 Å². The second-order valence-electron chi connectivity index (χ2n) is 12.0. The Morgan fingerprint density at radius 2 is 1.90 bits per heavy atom. The third-order valence-electron chi connectivity index (χ3n) is 9.98. The van der Waals surface area contributed by atoms with Crippen LogP contribution in [0.3, 0.4) is 0 Å². The maximum Gasteiger partial charge on any atom is 0.315 e. The molecule has 3 nitrogen and oxygen atoms in total. The summed E-state index contributed by atoms with van der Waals surface area (Å²) in [6.07, 6.45) is 10.6. The smallest absolute Gasteiger partial charge is 0.315 e. The number of hydrogen-bond donors (Lipinski definition) is 1. The zero-order valence-corrected chi connectivity index (χ0v) is 24.6. The molecule has 2 radical (unpaired) electrons. The summed E-state index contributed by atoms with van der Waals surface area (Å²) in [5.41, 5.74) is 9.31. The van der Waals surface area contributed by atoms with Crippen molar-refractivity contribution in [3.05, 3.63) is 58.2 Å². The number of hydrogen-bond acceptors (Lipinski definition) is 3. The predicted molar refractivity (Wildman–Crippen MR) is 159 cm³/mol. The van der Waals surface area contributed by atoms with E-state index >= 15 is 8.78 Å². The van der Waals surface area contributed by atoms with Gasteiger partial charge < -0.3 is 10.5 Å². The molecule has 0 amide bonds. The molecule has 2 fully saturated rings. The lowest BCUT2D eigenvalue weighted by Crippen LogP contribution is -2.53. The molecule has 214 valence electrons. The van der Waals surface area contributed by atoms with Crippen LogP contribution in [0.4, 0.5) is 8.78 Å². The largest absolute Gasteiger partial charge is 0.359 e. The van der Waals surface area contributed by atoms with Crippen LogP contribution in [-0.4, -0.2) is 26.3 Å². The first-order chi connectivity index (χ1) is 19.1. The van der Waals surface area contributed by atoms with Crippen molar-refractivity contribution in [2.75, 3.05) is 0 Å². The SMILES string of the molecule is CCCC1=C2C(c3cccc(CCC=O)c3)CC3(C)C(CCC3(C)C(F)(F)C#CN)C2CC/C1=C/C=O.[B]CC. The zero-order valence-electron chi connectivity index (χ0n) is 24.6. The number of aldehydes is 2. The minimum Gasteiger partial charge on any atom is -0.359 e. The molecule has 0 heterocycles. The van der Waals surface area contributed by atoms with Crippen LogP contribution in [0.15, 0.2) is 47.1 Å². The number of benzene rings is 1. The fourth-order valence-corrected chi connectivity index (χ4v) is 7.98. The predicted octanol–water partition coefficient (Wildman–Crippen LogP) is 7.51. The number of allylic oxidation sites excluding steroid dienone is 4. The van der Waals surface area contributed by atoms with E-state index in [1.54, 1.807) is 13.0 Å². The van der Waals surface area contributed by atoms with Gasteiger partial charge in [0.25, 0.3) is 0 Å². The van der Waals surface area contributed by atoms with Crippen LogP contribution in [-0.2, 0) is 16.0 Å². The Morgan fingerprint density at radius 3 is 2.52 bits per heavy atom. The van der Waals surface area contributed by atoms with Crippen molar-refractivity contribution in [2.45, 2.75) is 104 Å². The molecule has 4 rings (SSSR count). The van der Waals surface area contributed by atoms with E-state index in [1.165, 1.54) is 11.1 Å². The average molecular weight is 548 g/mol. The first-order valence-corrected chi connectivity index (χ1v) is 14.8. The third kappa shape index (κ3) is 5.72. The van der Waals surface area contributed by atoms with Gasteiger partial charge in [-0.05, 0) is 96.5 Å². The number of carbonyl (C=O) groups is 2. The number of fused-ring (bicyclic) bond motifs is 3. The Balaban J connectivity index is 0.00000141. The minimum atomic E-state index is -3.19. The molecule has 0 aliphatic heterocycles. The minimum absolute atomic E-state index is 0.0293. The fraction of sp³-hybridized carbons (Fsp3) is 0.588. The molecule has 2 saturated carbocycles. The topological polar surface area (TPSA) is 60.2 Å². The van der Waals surface area contributed by atoms with Crippen molar-refractivity contribution in [2.24, 2.45) is 28.4 Å². The van der Waals surface area contributed by atoms with Gasteiger partial charge in [0, 0.05) is 23.8 Å². The van der Waals surface area contributed by atoms with Gasteiger partial charge in [-0.1, -0.05) is 70.3 Å².